The zero-order valence-electron chi connectivity index (χ0n) is 13.1. The number of carbonyl (C=O) groups excluding carboxylic acids is 1. The number of likely N-dealkylation sites (tertiary alicyclic amines) is 1. The molecular weight excluding hydrogens is 294 g/mol. The fourth-order valence-corrected chi connectivity index (χ4v) is 3.40. The number of anilines is 1. The van der Waals surface area contributed by atoms with Crippen molar-refractivity contribution in [3.63, 3.8) is 0 Å². The molecule has 0 bridgehead atoms. The predicted molar refractivity (Wildman–Crippen MR) is 91.3 cm³/mol. The second-order valence-corrected chi connectivity index (χ2v) is 6.73. The van der Waals surface area contributed by atoms with Crippen molar-refractivity contribution < 1.29 is 4.79 Å². The van der Waals surface area contributed by atoms with E-state index in [1.165, 1.54) is 35.3 Å². The van der Waals surface area contributed by atoms with Crippen molar-refractivity contribution in [3.8, 4) is 11.3 Å². The molecule has 5 heteroatoms. The lowest BCUT2D eigenvalue weighted by Gasteiger charge is -2.12. The van der Waals surface area contributed by atoms with E-state index in [0.29, 0.717) is 11.7 Å². The van der Waals surface area contributed by atoms with Crippen LogP contribution in [0.4, 0.5) is 5.13 Å². The number of hydrogen-bond donors (Lipinski definition) is 1. The topological polar surface area (TPSA) is 45.2 Å². The van der Waals surface area contributed by atoms with E-state index >= 15 is 0 Å². The number of benzene rings is 1. The van der Waals surface area contributed by atoms with Crippen molar-refractivity contribution in [1.82, 2.24) is 9.88 Å². The van der Waals surface area contributed by atoms with Crippen LogP contribution in [-0.4, -0.2) is 35.4 Å². The van der Waals surface area contributed by atoms with E-state index < -0.39 is 0 Å². The zero-order valence-corrected chi connectivity index (χ0v) is 13.9. The Morgan fingerprint density at radius 1 is 1.27 bits per heavy atom. The van der Waals surface area contributed by atoms with E-state index in [1.54, 1.807) is 0 Å². The minimum atomic E-state index is 0.0305. The smallest absolute Gasteiger partial charge is 0.240 e. The van der Waals surface area contributed by atoms with Gasteiger partial charge in [-0.15, -0.1) is 11.3 Å². The fraction of sp³-hybridized carbons (Fsp3) is 0.412. The molecule has 0 radical (unpaired) electrons. The van der Waals surface area contributed by atoms with Crippen LogP contribution in [-0.2, 0) is 4.79 Å². The molecule has 1 aliphatic heterocycles. The highest BCUT2D eigenvalue weighted by Crippen LogP contribution is 2.26. The standard InChI is InChI=1S/C17H21N3OS/c1-12-5-6-14(9-13(12)2)15-11-22-17(18-15)19-16(21)10-20-7-3-4-8-20/h5-6,9,11H,3-4,7-8,10H2,1-2H3,(H,18,19,21). The Labute approximate surface area is 135 Å². The van der Waals surface area contributed by atoms with Gasteiger partial charge in [-0.05, 0) is 57.0 Å². The molecule has 0 spiro atoms. The van der Waals surface area contributed by atoms with Gasteiger partial charge in [0.2, 0.25) is 5.91 Å². The molecule has 3 rings (SSSR count). The maximum Gasteiger partial charge on any atom is 0.240 e. The normalized spacial score (nSPS) is 15.2. The summed E-state index contributed by atoms with van der Waals surface area (Å²) in [6.07, 6.45) is 2.39. The van der Waals surface area contributed by atoms with Gasteiger partial charge in [0.25, 0.3) is 0 Å². The van der Waals surface area contributed by atoms with Gasteiger partial charge in [-0.1, -0.05) is 12.1 Å². The SMILES string of the molecule is Cc1ccc(-c2csc(NC(=O)CN3CCCC3)n2)cc1C. The number of hydrogen-bond acceptors (Lipinski definition) is 4. The summed E-state index contributed by atoms with van der Waals surface area (Å²) in [7, 11) is 0. The lowest BCUT2D eigenvalue weighted by atomic mass is 10.1. The minimum absolute atomic E-state index is 0.0305. The quantitative estimate of drug-likeness (QED) is 0.940. The number of nitrogens with zero attached hydrogens (tertiary/aromatic N) is 2. The van der Waals surface area contributed by atoms with Crippen LogP contribution in [0.15, 0.2) is 23.6 Å². The van der Waals surface area contributed by atoms with Crippen LogP contribution >= 0.6 is 11.3 Å². The highest BCUT2D eigenvalue weighted by atomic mass is 32.1. The summed E-state index contributed by atoms with van der Waals surface area (Å²) < 4.78 is 0. The molecule has 1 aromatic heterocycles. The Kier molecular flexibility index (Phi) is 4.55. The molecule has 116 valence electrons. The van der Waals surface area contributed by atoms with E-state index in [2.05, 4.69) is 47.2 Å². The molecule has 1 aliphatic rings. The Morgan fingerprint density at radius 3 is 2.77 bits per heavy atom. The average molecular weight is 315 g/mol. The summed E-state index contributed by atoms with van der Waals surface area (Å²) in [5, 5.41) is 5.59. The van der Waals surface area contributed by atoms with Crippen LogP contribution < -0.4 is 5.32 Å². The lowest BCUT2D eigenvalue weighted by molar-refractivity contribution is -0.117. The van der Waals surface area contributed by atoms with Crippen molar-refractivity contribution >= 4 is 22.4 Å². The molecule has 1 fully saturated rings. The number of nitrogens with one attached hydrogen (secondary N) is 1. The van der Waals surface area contributed by atoms with E-state index in [4.69, 9.17) is 0 Å². The highest BCUT2D eigenvalue weighted by molar-refractivity contribution is 7.14. The minimum Gasteiger partial charge on any atom is -0.301 e. The van der Waals surface area contributed by atoms with Crippen LogP contribution in [0.2, 0.25) is 0 Å². The third kappa shape index (κ3) is 3.54. The largest absolute Gasteiger partial charge is 0.301 e. The molecule has 0 aliphatic carbocycles. The number of aromatic nitrogens is 1. The Bertz CT molecular complexity index is 674. The predicted octanol–water partition coefficient (Wildman–Crippen LogP) is 3.46. The van der Waals surface area contributed by atoms with Crippen LogP contribution in [0, 0.1) is 13.8 Å². The average Bonchev–Trinajstić information content (AvgIpc) is 3.13. The van der Waals surface area contributed by atoms with Gasteiger partial charge in [-0.25, -0.2) is 4.98 Å². The molecule has 0 saturated carbocycles. The van der Waals surface area contributed by atoms with E-state index in [1.807, 2.05) is 5.38 Å². The maximum atomic E-state index is 12.0. The van der Waals surface area contributed by atoms with Gasteiger partial charge in [0, 0.05) is 10.9 Å². The van der Waals surface area contributed by atoms with Gasteiger partial charge in [-0.2, -0.15) is 0 Å². The lowest BCUT2D eigenvalue weighted by Crippen LogP contribution is -2.30. The molecular formula is C17H21N3OS. The Morgan fingerprint density at radius 2 is 2.05 bits per heavy atom. The molecule has 1 saturated heterocycles. The molecule has 2 heterocycles. The number of aryl methyl sites for hydroxylation is 2. The van der Waals surface area contributed by atoms with Crippen molar-refractivity contribution in [3.05, 3.63) is 34.7 Å². The number of amides is 1. The van der Waals surface area contributed by atoms with Gasteiger partial charge >= 0.3 is 0 Å². The van der Waals surface area contributed by atoms with Crippen molar-refractivity contribution in [2.75, 3.05) is 25.0 Å². The van der Waals surface area contributed by atoms with E-state index in [0.717, 1.165) is 24.3 Å². The first-order valence-corrected chi connectivity index (χ1v) is 8.55. The molecule has 1 aromatic carbocycles. The zero-order chi connectivity index (χ0) is 15.5. The second-order valence-electron chi connectivity index (χ2n) is 5.87. The summed E-state index contributed by atoms with van der Waals surface area (Å²) in [5.41, 5.74) is 4.55. The summed E-state index contributed by atoms with van der Waals surface area (Å²) in [6.45, 7) is 6.73. The second kappa shape index (κ2) is 6.58. The number of rotatable bonds is 4. The monoisotopic (exact) mass is 315 g/mol. The number of carbonyl (C=O) groups is 1. The van der Waals surface area contributed by atoms with Crippen LogP contribution in [0.25, 0.3) is 11.3 Å². The highest BCUT2D eigenvalue weighted by Gasteiger charge is 2.16. The van der Waals surface area contributed by atoms with E-state index in [9.17, 15) is 4.79 Å². The van der Waals surface area contributed by atoms with Crippen molar-refractivity contribution in [2.45, 2.75) is 26.7 Å². The fourth-order valence-electron chi connectivity index (χ4n) is 2.67. The Balaban J connectivity index is 1.65. The third-order valence-electron chi connectivity index (χ3n) is 4.12. The molecule has 1 N–H and O–H groups in total. The van der Waals surface area contributed by atoms with Crippen LogP contribution in [0.5, 0.6) is 0 Å². The molecule has 2 aromatic rings. The molecule has 0 unspecified atom stereocenters. The van der Waals surface area contributed by atoms with Gasteiger partial charge in [0.15, 0.2) is 5.13 Å². The van der Waals surface area contributed by atoms with Crippen molar-refractivity contribution in [1.29, 1.82) is 0 Å². The third-order valence-corrected chi connectivity index (χ3v) is 4.88. The van der Waals surface area contributed by atoms with Gasteiger partial charge in [0.05, 0.1) is 12.2 Å². The van der Waals surface area contributed by atoms with Crippen molar-refractivity contribution in [2.24, 2.45) is 0 Å². The molecule has 22 heavy (non-hydrogen) atoms. The Hall–Kier alpha value is -1.72. The summed E-state index contributed by atoms with van der Waals surface area (Å²) in [4.78, 5) is 18.7. The maximum absolute atomic E-state index is 12.0. The first-order chi connectivity index (χ1) is 10.6. The van der Waals surface area contributed by atoms with Crippen LogP contribution in [0.1, 0.15) is 24.0 Å². The number of thiazole rings is 1. The first kappa shape index (κ1) is 15.2. The first-order valence-electron chi connectivity index (χ1n) is 7.67. The summed E-state index contributed by atoms with van der Waals surface area (Å²) in [5.74, 6) is 0.0305. The van der Waals surface area contributed by atoms with Gasteiger partial charge < -0.3 is 5.32 Å². The van der Waals surface area contributed by atoms with Gasteiger partial charge in [0.1, 0.15) is 0 Å². The van der Waals surface area contributed by atoms with E-state index in [-0.39, 0.29) is 5.91 Å². The van der Waals surface area contributed by atoms with Crippen LogP contribution in [0.3, 0.4) is 0 Å². The summed E-state index contributed by atoms with van der Waals surface area (Å²) in [6, 6.07) is 6.32. The van der Waals surface area contributed by atoms with Gasteiger partial charge in [-0.3, -0.25) is 9.69 Å². The molecule has 0 atom stereocenters. The molecule has 4 nitrogen and oxygen atoms in total. The molecule has 1 amide bonds. The summed E-state index contributed by atoms with van der Waals surface area (Å²) >= 11 is 1.48.